The van der Waals surface area contributed by atoms with Crippen LogP contribution in [0.4, 0.5) is 5.82 Å². The van der Waals surface area contributed by atoms with Gasteiger partial charge in [-0.3, -0.25) is 0 Å². The highest BCUT2D eigenvalue weighted by Crippen LogP contribution is 2.36. The summed E-state index contributed by atoms with van der Waals surface area (Å²) in [6.07, 6.45) is 2.51. The highest BCUT2D eigenvalue weighted by atomic mass is 32.2. The number of nitrogens with two attached hydrogens (primary N) is 1. The molecule has 0 aliphatic carbocycles. The summed E-state index contributed by atoms with van der Waals surface area (Å²) < 4.78 is 34.8. The van der Waals surface area contributed by atoms with E-state index in [-0.39, 0.29) is 34.0 Å². The summed E-state index contributed by atoms with van der Waals surface area (Å²) in [7, 11) is -2.18. The zero-order valence-electron chi connectivity index (χ0n) is 14.2. The monoisotopic (exact) mass is 352 g/mol. The fourth-order valence-electron chi connectivity index (χ4n) is 2.06. The molecular formula is C15H20N4O4S. The second-order valence-corrected chi connectivity index (χ2v) is 7.56. The Kier molecular flexibility index (Phi) is 4.93. The van der Waals surface area contributed by atoms with E-state index in [2.05, 4.69) is 15.0 Å². The van der Waals surface area contributed by atoms with E-state index in [0.29, 0.717) is 11.5 Å². The van der Waals surface area contributed by atoms with Crippen LogP contribution < -0.4 is 15.2 Å². The molecule has 0 amide bonds. The number of nitrogens with zero attached hydrogens (tertiary/aromatic N) is 3. The maximum atomic E-state index is 12.0. The van der Waals surface area contributed by atoms with Crippen molar-refractivity contribution in [3.8, 4) is 17.4 Å². The lowest BCUT2D eigenvalue weighted by atomic mass is 10.1. The maximum Gasteiger partial charge on any atom is 0.232 e. The molecule has 8 nitrogen and oxygen atoms in total. The van der Waals surface area contributed by atoms with Crippen molar-refractivity contribution >= 4 is 15.7 Å². The van der Waals surface area contributed by atoms with E-state index >= 15 is 0 Å². The molecule has 0 bridgehead atoms. The predicted molar refractivity (Wildman–Crippen MR) is 89.2 cm³/mol. The first-order valence-electron chi connectivity index (χ1n) is 7.19. The van der Waals surface area contributed by atoms with E-state index in [1.165, 1.54) is 19.4 Å². The second kappa shape index (κ2) is 6.60. The van der Waals surface area contributed by atoms with Crippen molar-refractivity contribution in [2.45, 2.75) is 31.6 Å². The van der Waals surface area contributed by atoms with E-state index < -0.39 is 9.84 Å². The number of methoxy groups -OCH3 is 1. The molecule has 9 heteroatoms. The van der Waals surface area contributed by atoms with Gasteiger partial charge in [0.1, 0.15) is 10.7 Å². The Balaban J connectivity index is 2.62. The number of anilines is 1. The third kappa shape index (κ3) is 3.73. The first-order chi connectivity index (χ1) is 11.1. The zero-order chi connectivity index (χ0) is 18.1. The Hall–Kier alpha value is -2.42. The van der Waals surface area contributed by atoms with E-state index in [1.807, 2.05) is 13.8 Å². The number of hydrogen-bond acceptors (Lipinski definition) is 8. The van der Waals surface area contributed by atoms with E-state index in [1.54, 1.807) is 6.92 Å². The van der Waals surface area contributed by atoms with Crippen LogP contribution in [-0.4, -0.2) is 36.7 Å². The zero-order valence-corrected chi connectivity index (χ0v) is 15.0. The number of nitrogen functional groups attached to an aromatic ring is 1. The molecular weight excluding hydrogens is 332 g/mol. The molecule has 0 fully saturated rings. The summed E-state index contributed by atoms with van der Waals surface area (Å²) in [5.41, 5.74) is 6.38. The van der Waals surface area contributed by atoms with Gasteiger partial charge in [0.15, 0.2) is 27.2 Å². The van der Waals surface area contributed by atoms with Crippen LogP contribution in [0.2, 0.25) is 0 Å². The molecule has 0 saturated carbocycles. The van der Waals surface area contributed by atoms with Gasteiger partial charge >= 0.3 is 0 Å². The van der Waals surface area contributed by atoms with Crippen molar-refractivity contribution in [2.24, 2.45) is 0 Å². The van der Waals surface area contributed by atoms with E-state index in [0.717, 1.165) is 6.26 Å². The Morgan fingerprint density at radius 1 is 1.21 bits per heavy atom. The van der Waals surface area contributed by atoms with Gasteiger partial charge in [-0.2, -0.15) is 0 Å². The largest absolute Gasteiger partial charge is 0.480 e. The molecule has 130 valence electrons. The second-order valence-electron chi connectivity index (χ2n) is 5.57. The van der Waals surface area contributed by atoms with Gasteiger partial charge in [-0.15, -0.1) is 0 Å². The van der Waals surface area contributed by atoms with Gasteiger partial charge < -0.3 is 15.2 Å². The topological polar surface area (TPSA) is 117 Å². The molecule has 2 heterocycles. The van der Waals surface area contributed by atoms with Crippen LogP contribution in [0.25, 0.3) is 0 Å². The fraction of sp³-hybridized carbons (Fsp3) is 0.400. The molecule has 0 aromatic carbocycles. The quantitative estimate of drug-likeness (QED) is 0.869. The van der Waals surface area contributed by atoms with Crippen molar-refractivity contribution < 1.29 is 17.9 Å². The van der Waals surface area contributed by atoms with Gasteiger partial charge in [0, 0.05) is 12.3 Å². The van der Waals surface area contributed by atoms with Gasteiger partial charge in [0.05, 0.1) is 19.0 Å². The van der Waals surface area contributed by atoms with Crippen molar-refractivity contribution in [1.29, 1.82) is 0 Å². The number of ether oxygens (including phenoxy) is 2. The fourth-order valence-corrected chi connectivity index (χ4v) is 2.82. The van der Waals surface area contributed by atoms with E-state index in [4.69, 9.17) is 15.2 Å². The standard InChI is InChI=1S/C15H20N4O4S/c1-8(2)13-10(23-11-7-17-9(3)18-14(11)16)6-12(24(5,20)21)15(19-13)22-4/h6-8H,1-5H3,(H2,16,17,18). The summed E-state index contributed by atoms with van der Waals surface area (Å²) in [4.78, 5) is 12.3. The van der Waals surface area contributed by atoms with Gasteiger partial charge in [0.25, 0.3) is 0 Å². The van der Waals surface area contributed by atoms with Crippen molar-refractivity contribution in [2.75, 3.05) is 19.1 Å². The Morgan fingerprint density at radius 3 is 2.38 bits per heavy atom. The van der Waals surface area contributed by atoms with Crippen molar-refractivity contribution in [3.05, 3.63) is 23.8 Å². The van der Waals surface area contributed by atoms with Crippen molar-refractivity contribution in [1.82, 2.24) is 15.0 Å². The first-order valence-corrected chi connectivity index (χ1v) is 9.08. The molecule has 2 aromatic heterocycles. The van der Waals surface area contributed by atoms with Crippen LogP contribution in [0, 0.1) is 6.92 Å². The molecule has 0 atom stereocenters. The molecule has 0 aliphatic heterocycles. The minimum absolute atomic E-state index is 0.0293. The number of aryl methyl sites for hydroxylation is 1. The highest BCUT2D eigenvalue weighted by Gasteiger charge is 2.23. The molecule has 0 unspecified atom stereocenters. The lowest BCUT2D eigenvalue weighted by Crippen LogP contribution is -2.08. The maximum absolute atomic E-state index is 12.0. The molecule has 2 aromatic rings. The smallest absolute Gasteiger partial charge is 0.232 e. The SMILES string of the molecule is COc1nc(C(C)C)c(Oc2cnc(C)nc2N)cc1S(C)(=O)=O. The van der Waals surface area contributed by atoms with Crippen molar-refractivity contribution in [3.63, 3.8) is 0 Å². The highest BCUT2D eigenvalue weighted by molar-refractivity contribution is 7.90. The molecule has 0 radical (unpaired) electrons. The average Bonchev–Trinajstić information content (AvgIpc) is 2.48. The molecule has 2 rings (SSSR count). The number of pyridine rings is 1. The summed E-state index contributed by atoms with van der Waals surface area (Å²) >= 11 is 0. The lowest BCUT2D eigenvalue weighted by molar-refractivity contribution is 0.377. The third-order valence-electron chi connectivity index (χ3n) is 3.21. The summed E-state index contributed by atoms with van der Waals surface area (Å²) in [5, 5.41) is 0. The Morgan fingerprint density at radius 2 is 1.88 bits per heavy atom. The van der Waals surface area contributed by atoms with Crippen LogP contribution in [0.1, 0.15) is 31.3 Å². The summed E-state index contributed by atoms with van der Waals surface area (Å²) in [6.45, 7) is 5.52. The van der Waals surface area contributed by atoms with Crippen LogP contribution in [0.3, 0.4) is 0 Å². The van der Waals surface area contributed by atoms with E-state index in [9.17, 15) is 8.42 Å². The molecule has 0 aliphatic rings. The van der Waals surface area contributed by atoms with Crippen LogP contribution >= 0.6 is 0 Å². The van der Waals surface area contributed by atoms with Crippen LogP contribution in [-0.2, 0) is 9.84 Å². The third-order valence-corrected chi connectivity index (χ3v) is 4.30. The number of rotatable bonds is 5. The molecule has 2 N–H and O–H groups in total. The van der Waals surface area contributed by atoms with Crippen LogP contribution in [0.15, 0.2) is 17.2 Å². The normalized spacial score (nSPS) is 11.6. The molecule has 24 heavy (non-hydrogen) atoms. The number of hydrogen-bond donors (Lipinski definition) is 1. The Bertz CT molecular complexity index is 866. The summed E-state index contributed by atoms with van der Waals surface area (Å²) in [5.74, 6) is 1.17. The Labute approximate surface area is 141 Å². The van der Waals surface area contributed by atoms with Gasteiger partial charge in [-0.1, -0.05) is 13.8 Å². The van der Waals surface area contributed by atoms with Gasteiger partial charge in [0.2, 0.25) is 5.88 Å². The number of aromatic nitrogens is 3. The predicted octanol–water partition coefficient (Wildman–Crippen LogP) is 2.09. The number of sulfone groups is 1. The summed E-state index contributed by atoms with van der Waals surface area (Å²) in [6, 6.07) is 1.38. The first kappa shape index (κ1) is 17.9. The lowest BCUT2D eigenvalue weighted by Gasteiger charge is -2.16. The minimum atomic E-state index is -3.55. The molecule has 0 saturated heterocycles. The van der Waals surface area contributed by atoms with Crippen LogP contribution in [0.5, 0.6) is 17.4 Å². The molecule has 0 spiro atoms. The average molecular weight is 352 g/mol. The van der Waals surface area contributed by atoms with Gasteiger partial charge in [-0.05, 0) is 12.8 Å². The minimum Gasteiger partial charge on any atom is -0.480 e. The van der Waals surface area contributed by atoms with Gasteiger partial charge in [-0.25, -0.2) is 23.4 Å².